The first-order valence-electron chi connectivity index (χ1n) is 5.29. The predicted molar refractivity (Wildman–Crippen MR) is 66.8 cm³/mol. The van der Waals surface area contributed by atoms with E-state index in [4.69, 9.17) is 21.9 Å². The van der Waals surface area contributed by atoms with Crippen molar-refractivity contribution in [3.63, 3.8) is 0 Å². The maximum atomic E-state index is 5.93. The number of nitrogens with two attached hydrogens (primary N) is 1. The van der Waals surface area contributed by atoms with Gasteiger partial charge in [0.05, 0.1) is 6.20 Å². The first-order valence-corrected chi connectivity index (χ1v) is 5.66. The molecule has 1 aromatic carbocycles. The van der Waals surface area contributed by atoms with Crippen LogP contribution in [0.25, 0.3) is 11.0 Å². The van der Waals surface area contributed by atoms with Crippen LogP contribution in [0.2, 0.25) is 5.02 Å². The van der Waals surface area contributed by atoms with Crippen molar-refractivity contribution in [1.82, 2.24) is 20.8 Å². The largest absolute Gasteiger partial charge is 0.459 e. The average molecular weight is 264 g/mol. The molecule has 0 saturated carbocycles. The molecule has 0 amide bonds. The van der Waals surface area contributed by atoms with Gasteiger partial charge in [-0.25, -0.2) is 5.43 Å². The van der Waals surface area contributed by atoms with Crippen LogP contribution in [0.15, 0.2) is 34.9 Å². The van der Waals surface area contributed by atoms with Gasteiger partial charge in [-0.05, 0) is 24.3 Å². The van der Waals surface area contributed by atoms with Crippen LogP contribution in [0.4, 0.5) is 0 Å². The second kappa shape index (κ2) is 4.41. The van der Waals surface area contributed by atoms with Crippen molar-refractivity contribution in [3.05, 3.63) is 46.9 Å². The SMILES string of the molecule is NNC(c1cn[nH]n1)c1cc2cc(Cl)ccc2o1. The summed E-state index contributed by atoms with van der Waals surface area (Å²) in [5.74, 6) is 6.19. The fourth-order valence-corrected chi connectivity index (χ4v) is 2.02. The van der Waals surface area contributed by atoms with Crippen molar-refractivity contribution in [2.45, 2.75) is 6.04 Å². The minimum atomic E-state index is -0.352. The number of aromatic amines is 1. The third-order valence-electron chi connectivity index (χ3n) is 2.68. The molecular formula is C11H10ClN5O. The molecule has 18 heavy (non-hydrogen) atoms. The van der Waals surface area contributed by atoms with Crippen molar-refractivity contribution in [2.24, 2.45) is 5.84 Å². The summed E-state index contributed by atoms with van der Waals surface area (Å²) >= 11 is 5.93. The van der Waals surface area contributed by atoms with Crippen molar-refractivity contribution in [3.8, 4) is 0 Å². The molecule has 0 bridgehead atoms. The number of halogens is 1. The van der Waals surface area contributed by atoms with Crippen molar-refractivity contribution in [1.29, 1.82) is 0 Å². The highest BCUT2D eigenvalue weighted by molar-refractivity contribution is 6.31. The van der Waals surface area contributed by atoms with Gasteiger partial charge in [0.2, 0.25) is 0 Å². The van der Waals surface area contributed by atoms with Crippen LogP contribution in [-0.4, -0.2) is 15.4 Å². The first kappa shape index (κ1) is 11.2. The van der Waals surface area contributed by atoms with Gasteiger partial charge in [0.1, 0.15) is 23.1 Å². The monoisotopic (exact) mass is 263 g/mol. The number of H-pyrrole nitrogens is 1. The number of hydrogen-bond donors (Lipinski definition) is 3. The maximum Gasteiger partial charge on any atom is 0.134 e. The van der Waals surface area contributed by atoms with Gasteiger partial charge < -0.3 is 4.42 Å². The molecule has 0 aliphatic carbocycles. The second-order valence-corrected chi connectivity index (χ2v) is 4.26. The molecule has 92 valence electrons. The molecule has 3 rings (SSSR count). The van der Waals surface area contributed by atoms with E-state index in [0.717, 1.165) is 11.0 Å². The van der Waals surface area contributed by atoms with E-state index in [1.807, 2.05) is 18.2 Å². The highest BCUT2D eigenvalue weighted by atomic mass is 35.5. The van der Waals surface area contributed by atoms with Crippen LogP contribution < -0.4 is 11.3 Å². The van der Waals surface area contributed by atoms with Gasteiger partial charge in [-0.2, -0.15) is 15.4 Å². The van der Waals surface area contributed by atoms with Gasteiger partial charge >= 0.3 is 0 Å². The zero-order valence-electron chi connectivity index (χ0n) is 9.22. The molecule has 4 N–H and O–H groups in total. The Bertz CT molecular complexity index is 663. The number of rotatable bonds is 3. The standard InChI is InChI=1S/C11H10ClN5O/c12-7-1-2-9-6(3-7)4-10(18-9)11(15-13)8-5-14-17-16-8/h1-5,11,15H,13H2,(H,14,16,17). The first-order chi connectivity index (χ1) is 8.78. The summed E-state index contributed by atoms with van der Waals surface area (Å²) in [6.07, 6.45) is 1.59. The smallest absolute Gasteiger partial charge is 0.134 e. The van der Waals surface area contributed by atoms with Gasteiger partial charge in [-0.3, -0.25) is 5.84 Å². The summed E-state index contributed by atoms with van der Waals surface area (Å²) in [6.45, 7) is 0. The zero-order valence-corrected chi connectivity index (χ0v) is 9.98. The van der Waals surface area contributed by atoms with E-state index >= 15 is 0 Å². The third-order valence-corrected chi connectivity index (χ3v) is 2.91. The van der Waals surface area contributed by atoms with Crippen LogP contribution >= 0.6 is 11.6 Å². The maximum absolute atomic E-state index is 5.93. The molecule has 0 radical (unpaired) electrons. The van der Waals surface area contributed by atoms with Crippen LogP contribution in [0, 0.1) is 0 Å². The van der Waals surface area contributed by atoms with Crippen LogP contribution in [0.5, 0.6) is 0 Å². The van der Waals surface area contributed by atoms with Crippen LogP contribution in [0.3, 0.4) is 0 Å². The van der Waals surface area contributed by atoms with E-state index in [-0.39, 0.29) is 6.04 Å². The number of aromatic nitrogens is 3. The highest BCUT2D eigenvalue weighted by Crippen LogP contribution is 2.28. The molecule has 2 aromatic heterocycles. The van der Waals surface area contributed by atoms with E-state index in [1.165, 1.54) is 0 Å². The lowest BCUT2D eigenvalue weighted by Gasteiger charge is -2.08. The predicted octanol–water partition coefficient (Wildman–Crippen LogP) is 1.76. The molecule has 0 aliphatic rings. The molecule has 0 spiro atoms. The number of furan rings is 1. The summed E-state index contributed by atoms with van der Waals surface area (Å²) in [5.41, 5.74) is 4.05. The Morgan fingerprint density at radius 1 is 1.39 bits per heavy atom. The van der Waals surface area contributed by atoms with E-state index in [9.17, 15) is 0 Å². The van der Waals surface area contributed by atoms with Crippen molar-refractivity contribution < 1.29 is 4.42 Å². The van der Waals surface area contributed by atoms with E-state index in [0.29, 0.717) is 16.5 Å². The van der Waals surface area contributed by atoms with E-state index in [1.54, 1.807) is 12.3 Å². The van der Waals surface area contributed by atoms with Crippen LogP contribution in [0.1, 0.15) is 17.5 Å². The van der Waals surface area contributed by atoms with Crippen LogP contribution in [-0.2, 0) is 0 Å². The Hall–Kier alpha value is -1.89. The number of nitrogens with one attached hydrogen (secondary N) is 2. The Balaban J connectivity index is 2.07. The Labute approximate surface area is 107 Å². The molecule has 7 heteroatoms. The number of fused-ring (bicyclic) bond motifs is 1. The van der Waals surface area contributed by atoms with E-state index in [2.05, 4.69) is 20.8 Å². The van der Waals surface area contributed by atoms with Gasteiger partial charge in [0.25, 0.3) is 0 Å². The normalized spacial score (nSPS) is 13.0. The van der Waals surface area contributed by atoms with Gasteiger partial charge in [-0.15, -0.1) is 0 Å². The number of benzene rings is 1. The van der Waals surface area contributed by atoms with Gasteiger partial charge in [-0.1, -0.05) is 11.6 Å². The molecule has 0 saturated heterocycles. The molecule has 2 heterocycles. The van der Waals surface area contributed by atoms with E-state index < -0.39 is 0 Å². The number of hydrazine groups is 1. The molecule has 0 fully saturated rings. The summed E-state index contributed by atoms with van der Waals surface area (Å²) in [5, 5.41) is 11.9. The summed E-state index contributed by atoms with van der Waals surface area (Å²) < 4.78 is 5.72. The Morgan fingerprint density at radius 2 is 2.28 bits per heavy atom. The van der Waals surface area contributed by atoms with Crippen molar-refractivity contribution in [2.75, 3.05) is 0 Å². The topological polar surface area (TPSA) is 92.8 Å². The highest BCUT2D eigenvalue weighted by Gasteiger charge is 2.19. The lowest BCUT2D eigenvalue weighted by molar-refractivity contribution is 0.471. The van der Waals surface area contributed by atoms with Crippen molar-refractivity contribution >= 4 is 22.6 Å². The number of hydrogen-bond acceptors (Lipinski definition) is 5. The molecule has 6 nitrogen and oxygen atoms in total. The molecule has 3 aromatic rings. The van der Waals surface area contributed by atoms with Gasteiger partial charge in [0.15, 0.2) is 0 Å². The average Bonchev–Trinajstić information content (AvgIpc) is 2.98. The molecular weight excluding hydrogens is 254 g/mol. The number of nitrogens with zero attached hydrogens (tertiary/aromatic N) is 2. The lowest BCUT2D eigenvalue weighted by atomic mass is 10.1. The molecule has 1 atom stereocenters. The molecule has 0 aliphatic heterocycles. The van der Waals surface area contributed by atoms with Gasteiger partial charge in [0, 0.05) is 10.4 Å². The fourth-order valence-electron chi connectivity index (χ4n) is 1.84. The Kier molecular flexibility index (Phi) is 2.75. The zero-order chi connectivity index (χ0) is 12.5. The summed E-state index contributed by atoms with van der Waals surface area (Å²) in [6, 6.07) is 6.95. The third kappa shape index (κ3) is 1.86. The Morgan fingerprint density at radius 3 is 3.00 bits per heavy atom. The summed E-state index contributed by atoms with van der Waals surface area (Å²) in [7, 11) is 0. The fraction of sp³-hybridized carbons (Fsp3) is 0.0909. The minimum Gasteiger partial charge on any atom is -0.459 e. The quantitative estimate of drug-likeness (QED) is 0.495. The molecule has 1 unspecified atom stereocenters. The lowest BCUT2D eigenvalue weighted by Crippen LogP contribution is -2.28. The minimum absolute atomic E-state index is 0.352. The second-order valence-electron chi connectivity index (χ2n) is 3.83. The summed E-state index contributed by atoms with van der Waals surface area (Å²) in [4.78, 5) is 0.